The van der Waals surface area contributed by atoms with Crippen molar-refractivity contribution in [3.63, 3.8) is 0 Å². The molecule has 5 aromatic rings. The highest BCUT2D eigenvalue weighted by Crippen LogP contribution is 2.33. The number of ketones is 1. The van der Waals surface area contributed by atoms with Gasteiger partial charge >= 0.3 is 5.97 Å². The Labute approximate surface area is 294 Å². The lowest BCUT2D eigenvalue weighted by Crippen LogP contribution is -2.46. The molecule has 1 atom stereocenters. The largest absolute Gasteiger partial charge is 0.495 e. The number of carboxylic acids is 1. The third-order valence-corrected chi connectivity index (χ3v) is 9.41. The van der Waals surface area contributed by atoms with Crippen LogP contribution >= 0.6 is 0 Å². The first-order valence-corrected chi connectivity index (χ1v) is 17.4. The fourth-order valence-electron chi connectivity index (χ4n) is 6.70. The van der Waals surface area contributed by atoms with Crippen LogP contribution in [0.3, 0.4) is 0 Å². The average Bonchev–Trinajstić information content (AvgIpc) is 3.52. The third-order valence-electron chi connectivity index (χ3n) is 9.41. The Kier molecular flexibility index (Phi) is 11.4. The number of para-hydroxylation sites is 3. The first-order chi connectivity index (χ1) is 24.4. The van der Waals surface area contributed by atoms with E-state index in [1.165, 1.54) is 0 Å². The molecule has 0 saturated carbocycles. The molecule has 0 spiro atoms. The summed E-state index contributed by atoms with van der Waals surface area (Å²) in [5.41, 5.74) is 5.17. The van der Waals surface area contributed by atoms with E-state index < -0.39 is 5.97 Å². The van der Waals surface area contributed by atoms with Gasteiger partial charge in [0.1, 0.15) is 11.5 Å². The topological polar surface area (TPSA) is 96.3 Å². The van der Waals surface area contributed by atoms with Gasteiger partial charge in [-0.3, -0.25) is 14.5 Å². The van der Waals surface area contributed by atoms with E-state index in [9.17, 15) is 9.59 Å². The Morgan fingerprint density at radius 3 is 2.36 bits per heavy atom. The molecule has 260 valence electrons. The van der Waals surface area contributed by atoms with Crippen LogP contribution in [0.5, 0.6) is 11.5 Å². The molecule has 9 heteroatoms. The molecule has 6 rings (SSSR count). The molecule has 1 fully saturated rings. The number of piperazine rings is 1. The van der Waals surface area contributed by atoms with Crippen molar-refractivity contribution in [1.29, 1.82) is 0 Å². The van der Waals surface area contributed by atoms with Crippen molar-refractivity contribution in [2.24, 2.45) is 0 Å². The number of anilines is 2. The SMILES string of the molecule is COc1ccccc1N1CCN(CCCOc2cc(C(=O)c3cn(CCCC(=O)O)c4ccccc34)ccc2NC(C)c2ccccc2)CC1. The van der Waals surface area contributed by atoms with Crippen molar-refractivity contribution in [3.05, 3.63) is 120 Å². The second-order valence-electron chi connectivity index (χ2n) is 12.8. The lowest BCUT2D eigenvalue weighted by Gasteiger charge is -2.36. The molecule has 1 saturated heterocycles. The van der Waals surface area contributed by atoms with Gasteiger partial charge in [-0.15, -0.1) is 0 Å². The van der Waals surface area contributed by atoms with Gasteiger partial charge in [-0.1, -0.05) is 60.7 Å². The average molecular weight is 675 g/mol. The van der Waals surface area contributed by atoms with Gasteiger partial charge in [0.2, 0.25) is 0 Å². The molecule has 1 aliphatic rings. The number of hydrogen-bond donors (Lipinski definition) is 2. The molecule has 50 heavy (non-hydrogen) atoms. The minimum Gasteiger partial charge on any atom is -0.495 e. The maximum Gasteiger partial charge on any atom is 0.303 e. The van der Waals surface area contributed by atoms with Crippen molar-refractivity contribution in [3.8, 4) is 11.5 Å². The molecule has 4 aromatic carbocycles. The second kappa shape index (κ2) is 16.4. The van der Waals surface area contributed by atoms with Gasteiger partial charge in [-0.05, 0) is 61.7 Å². The quantitative estimate of drug-likeness (QED) is 0.0821. The lowest BCUT2D eigenvalue weighted by molar-refractivity contribution is -0.137. The number of hydrogen-bond acceptors (Lipinski definition) is 7. The van der Waals surface area contributed by atoms with Crippen LogP contribution < -0.4 is 19.7 Å². The molecule has 2 N–H and O–H groups in total. The predicted octanol–water partition coefficient (Wildman–Crippen LogP) is 7.51. The first-order valence-electron chi connectivity index (χ1n) is 17.4. The number of benzene rings is 4. The molecule has 1 unspecified atom stereocenters. The summed E-state index contributed by atoms with van der Waals surface area (Å²) in [7, 11) is 1.72. The van der Waals surface area contributed by atoms with E-state index in [1.54, 1.807) is 7.11 Å². The van der Waals surface area contributed by atoms with E-state index in [0.717, 1.165) is 72.7 Å². The molecule has 9 nitrogen and oxygen atoms in total. The summed E-state index contributed by atoms with van der Waals surface area (Å²) in [4.78, 5) is 30.0. The minimum atomic E-state index is -0.827. The fourth-order valence-corrected chi connectivity index (χ4v) is 6.70. The van der Waals surface area contributed by atoms with E-state index in [4.69, 9.17) is 14.6 Å². The van der Waals surface area contributed by atoms with E-state index in [2.05, 4.69) is 46.3 Å². The van der Waals surface area contributed by atoms with Crippen LogP contribution in [-0.2, 0) is 11.3 Å². The lowest BCUT2D eigenvalue weighted by atomic mass is 10.0. The summed E-state index contributed by atoms with van der Waals surface area (Å²) in [5, 5.41) is 13.6. The van der Waals surface area contributed by atoms with Gasteiger partial charge in [0.25, 0.3) is 0 Å². The number of fused-ring (bicyclic) bond motifs is 1. The van der Waals surface area contributed by atoms with Gasteiger partial charge < -0.3 is 29.4 Å². The number of nitrogens with one attached hydrogen (secondary N) is 1. The van der Waals surface area contributed by atoms with Crippen LogP contribution in [0.4, 0.5) is 11.4 Å². The number of methoxy groups -OCH3 is 1. The van der Waals surface area contributed by atoms with E-state index in [1.807, 2.05) is 83.6 Å². The van der Waals surface area contributed by atoms with Gasteiger partial charge in [0.15, 0.2) is 5.78 Å². The van der Waals surface area contributed by atoms with Crippen LogP contribution in [0.25, 0.3) is 10.9 Å². The molecule has 0 radical (unpaired) electrons. The Morgan fingerprint density at radius 2 is 1.58 bits per heavy atom. The maximum atomic E-state index is 14.1. The summed E-state index contributed by atoms with van der Waals surface area (Å²) >= 11 is 0. The molecule has 0 aliphatic carbocycles. The number of carbonyl (C=O) groups is 2. The second-order valence-corrected chi connectivity index (χ2v) is 12.8. The number of aromatic nitrogens is 1. The normalized spacial score (nSPS) is 14.0. The number of nitrogens with zero attached hydrogens (tertiary/aromatic N) is 3. The van der Waals surface area contributed by atoms with Crippen molar-refractivity contribution in [1.82, 2.24) is 9.47 Å². The summed E-state index contributed by atoms with van der Waals surface area (Å²) in [5.74, 6) is 0.623. The van der Waals surface area contributed by atoms with Crippen molar-refractivity contribution in [2.45, 2.75) is 38.8 Å². The summed E-state index contributed by atoms with van der Waals surface area (Å²) in [6, 6.07) is 31.9. The smallest absolute Gasteiger partial charge is 0.303 e. The van der Waals surface area contributed by atoms with Crippen LogP contribution in [0.1, 0.15) is 53.7 Å². The Hall–Kier alpha value is -5.28. The number of rotatable bonds is 16. The minimum absolute atomic E-state index is 0.0309. The highest BCUT2D eigenvalue weighted by Gasteiger charge is 2.21. The van der Waals surface area contributed by atoms with Gasteiger partial charge in [0.05, 0.1) is 25.1 Å². The zero-order valence-corrected chi connectivity index (χ0v) is 28.9. The van der Waals surface area contributed by atoms with Crippen molar-refractivity contribution < 1.29 is 24.2 Å². The summed E-state index contributed by atoms with van der Waals surface area (Å²) in [6.45, 7) is 7.87. The third kappa shape index (κ3) is 8.29. The number of aliphatic carboxylic acids is 1. The predicted molar refractivity (Wildman–Crippen MR) is 199 cm³/mol. The molecule has 1 aliphatic heterocycles. The molecular weight excluding hydrogens is 628 g/mol. The van der Waals surface area contributed by atoms with Crippen molar-refractivity contribution in [2.75, 3.05) is 56.7 Å². The molecule has 1 aromatic heterocycles. The number of carbonyl (C=O) groups excluding carboxylic acids is 1. The summed E-state index contributed by atoms with van der Waals surface area (Å²) < 4.78 is 14.0. The van der Waals surface area contributed by atoms with Crippen LogP contribution in [0.15, 0.2) is 103 Å². The highest BCUT2D eigenvalue weighted by molar-refractivity contribution is 6.16. The summed E-state index contributed by atoms with van der Waals surface area (Å²) in [6.07, 6.45) is 3.26. The van der Waals surface area contributed by atoms with Gasteiger partial charge in [-0.25, -0.2) is 0 Å². The van der Waals surface area contributed by atoms with Crippen LogP contribution in [-0.4, -0.2) is 72.8 Å². The van der Waals surface area contributed by atoms with E-state index >= 15 is 0 Å². The monoisotopic (exact) mass is 674 g/mol. The molecule has 0 bridgehead atoms. The number of carboxylic acid groups (broad SMARTS) is 1. The van der Waals surface area contributed by atoms with Crippen LogP contribution in [0.2, 0.25) is 0 Å². The van der Waals surface area contributed by atoms with Crippen molar-refractivity contribution >= 4 is 34.0 Å². The van der Waals surface area contributed by atoms with Gasteiger partial charge in [-0.2, -0.15) is 0 Å². The fraction of sp³-hybridized carbons (Fsp3) is 0.317. The first kappa shape index (κ1) is 34.6. The molecule has 0 amide bonds. The van der Waals surface area contributed by atoms with Gasteiger partial charge in [0, 0.05) is 80.0 Å². The van der Waals surface area contributed by atoms with Crippen LogP contribution in [0, 0.1) is 0 Å². The Balaban J connectivity index is 1.15. The zero-order chi connectivity index (χ0) is 34.9. The highest BCUT2D eigenvalue weighted by atomic mass is 16.5. The van der Waals surface area contributed by atoms with E-state index in [0.29, 0.717) is 36.4 Å². The maximum absolute atomic E-state index is 14.1. The standard InChI is InChI=1S/C41H46N4O5/c1-30(31-12-4-3-5-13-31)42-35-20-19-32(41(48)34-29-45(22-10-18-40(46)47)36-15-7-6-14-33(34)36)28-39(35)50-27-11-21-43-23-25-44(26-24-43)37-16-8-9-17-38(37)49-2/h3-9,12-17,19-20,28-30,42H,10-11,18,21-27H2,1-2H3,(H,46,47). The number of aryl methyl sites for hydroxylation is 1. The number of ether oxygens (including phenoxy) is 2. The van der Waals surface area contributed by atoms with E-state index in [-0.39, 0.29) is 18.2 Å². The Bertz CT molecular complexity index is 1900. The molecule has 2 heterocycles. The Morgan fingerprint density at radius 1 is 0.840 bits per heavy atom. The molecular formula is C41H46N4O5. The zero-order valence-electron chi connectivity index (χ0n) is 28.9.